The van der Waals surface area contributed by atoms with Gasteiger partial charge in [0.2, 0.25) is 5.75 Å². The van der Waals surface area contributed by atoms with Gasteiger partial charge in [0.25, 0.3) is 5.91 Å². The maximum atomic E-state index is 14.1. The number of pyridine rings is 1. The van der Waals surface area contributed by atoms with E-state index >= 15 is 0 Å². The maximum absolute atomic E-state index is 14.1. The minimum atomic E-state index is -0.737. The molecule has 1 aliphatic carbocycles. The first-order valence-corrected chi connectivity index (χ1v) is 12.3. The van der Waals surface area contributed by atoms with Crippen molar-refractivity contribution in [2.45, 2.75) is 45.8 Å². The molecule has 5 unspecified atom stereocenters. The second kappa shape index (κ2) is 9.15. The van der Waals surface area contributed by atoms with Gasteiger partial charge in [0.1, 0.15) is 11.9 Å². The molecule has 0 bridgehead atoms. The normalized spacial score (nSPS) is 27.4. The van der Waals surface area contributed by atoms with Gasteiger partial charge < -0.3 is 18.9 Å². The number of aryl methyl sites for hydroxylation is 1. The highest BCUT2D eigenvalue weighted by Gasteiger charge is 2.54. The predicted molar refractivity (Wildman–Crippen MR) is 133 cm³/mol. The molecule has 5 atom stereocenters. The third-order valence-corrected chi connectivity index (χ3v) is 7.86. The number of benzene rings is 1. The number of hydrogen-bond donors (Lipinski definition) is 0. The second-order valence-electron chi connectivity index (χ2n) is 10.0. The van der Waals surface area contributed by atoms with Gasteiger partial charge in [0.15, 0.2) is 23.0 Å². The number of ether oxygens (including phenoxy) is 4. The van der Waals surface area contributed by atoms with Crippen LogP contribution in [0, 0.1) is 24.7 Å². The molecule has 36 heavy (non-hydrogen) atoms. The standard InChI is InChI=1S/C28H32N2O6/c1-14-7-8-22(29-13-14)30-24(17-11-20(33-4)26(35-6)21(12-17)34-5)23-25(31)18-9-15(2)16(3)10-19(18)36-27(23)28(30)32/h7-8,11-13,15-16,18-19,24H,9-10H2,1-6H3. The van der Waals surface area contributed by atoms with E-state index in [-0.39, 0.29) is 29.5 Å². The Morgan fingerprint density at radius 1 is 0.972 bits per heavy atom. The molecule has 1 saturated carbocycles. The van der Waals surface area contributed by atoms with Gasteiger partial charge in [-0.1, -0.05) is 19.9 Å². The average Bonchev–Trinajstić information content (AvgIpc) is 3.17. The van der Waals surface area contributed by atoms with E-state index in [0.717, 1.165) is 18.4 Å². The molecule has 1 aromatic heterocycles. The summed E-state index contributed by atoms with van der Waals surface area (Å²) in [6, 6.07) is 6.51. The topological polar surface area (TPSA) is 87.2 Å². The molecule has 1 fully saturated rings. The molecule has 8 heteroatoms. The van der Waals surface area contributed by atoms with Crippen LogP contribution in [0.25, 0.3) is 0 Å². The van der Waals surface area contributed by atoms with Gasteiger partial charge >= 0.3 is 0 Å². The SMILES string of the molecule is COc1cc(C2C3=C(OC4CC(C)C(C)CC4C3=O)C(=O)N2c2ccc(C)cn2)cc(OC)c1OC. The van der Waals surface area contributed by atoms with Crippen molar-refractivity contribution in [2.24, 2.45) is 17.8 Å². The summed E-state index contributed by atoms with van der Waals surface area (Å²) in [7, 11) is 4.61. The van der Waals surface area contributed by atoms with E-state index in [1.807, 2.05) is 13.0 Å². The average molecular weight is 493 g/mol. The van der Waals surface area contributed by atoms with Crippen molar-refractivity contribution < 1.29 is 28.5 Å². The largest absolute Gasteiger partial charge is 0.493 e. The number of aromatic nitrogens is 1. The summed E-state index contributed by atoms with van der Waals surface area (Å²) < 4.78 is 23.0. The lowest BCUT2D eigenvalue weighted by atomic mass is 9.70. The zero-order valence-electron chi connectivity index (χ0n) is 21.5. The number of hydrogen-bond acceptors (Lipinski definition) is 7. The first-order chi connectivity index (χ1) is 17.3. The summed E-state index contributed by atoms with van der Waals surface area (Å²) in [6.07, 6.45) is 2.90. The van der Waals surface area contributed by atoms with E-state index in [1.165, 1.54) is 21.3 Å². The lowest BCUT2D eigenvalue weighted by Gasteiger charge is -2.40. The van der Waals surface area contributed by atoms with Gasteiger partial charge in [-0.05, 0) is 60.9 Å². The molecule has 8 nitrogen and oxygen atoms in total. The maximum Gasteiger partial charge on any atom is 0.295 e. The number of rotatable bonds is 5. The lowest BCUT2D eigenvalue weighted by molar-refractivity contribution is -0.134. The first-order valence-electron chi connectivity index (χ1n) is 12.3. The Morgan fingerprint density at radius 3 is 2.22 bits per heavy atom. The van der Waals surface area contributed by atoms with Crippen molar-refractivity contribution in [3.8, 4) is 17.2 Å². The highest BCUT2D eigenvalue weighted by molar-refractivity contribution is 6.17. The van der Waals surface area contributed by atoms with E-state index in [1.54, 1.807) is 29.3 Å². The summed E-state index contributed by atoms with van der Waals surface area (Å²) in [5.41, 5.74) is 1.99. The Bertz CT molecular complexity index is 1210. The second-order valence-corrected chi connectivity index (χ2v) is 10.0. The highest BCUT2D eigenvalue weighted by atomic mass is 16.5. The molecular weight excluding hydrogens is 460 g/mol. The smallest absolute Gasteiger partial charge is 0.295 e. The Hall–Kier alpha value is -3.55. The van der Waals surface area contributed by atoms with Gasteiger partial charge in [-0.3, -0.25) is 14.5 Å². The molecule has 0 saturated heterocycles. The van der Waals surface area contributed by atoms with Crippen molar-refractivity contribution in [1.82, 2.24) is 4.98 Å². The minimum Gasteiger partial charge on any atom is -0.493 e. The number of methoxy groups -OCH3 is 3. The summed E-state index contributed by atoms with van der Waals surface area (Å²) in [5, 5.41) is 0. The number of carbonyl (C=O) groups is 2. The first kappa shape index (κ1) is 24.2. The molecule has 2 aliphatic heterocycles. The fourth-order valence-electron chi connectivity index (χ4n) is 5.67. The van der Waals surface area contributed by atoms with Gasteiger partial charge in [-0.2, -0.15) is 0 Å². The number of Topliss-reactive ketones (excluding diaryl/α,β-unsaturated/α-hetero) is 1. The molecule has 0 N–H and O–H groups in total. The molecule has 1 aromatic carbocycles. The molecule has 3 heterocycles. The number of amides is 1. The number of fused-ring (bicyclic) bond motifs is 1. The van der Waals surface area contributed by atoms with Crippen LogP contribution in [0.2, 0.25) is 0 Å². The molecule has 2 aromatic rings. The van der Waals surface area contributed by atoms with Crippen molar-refractivity contribution in [3.63, 3.8) is 0 Å². The quantitative estimate of drug-likeness (QED) is 0.611. The van der Waals surface area contributed by atoms with Crippen LogP contribution in [0.3, 0.4) is 0 Å². The van der Waals surface area contributed by atoms with Crippen molar-refractivity contribution in [2.75, 3.05) is 26.2 Å². The zero-order valence-corrected chi connectivity index (χ0v) is 21.5. The molecule has 5 rings (SSSR count). The van der Waals surface area contributed by atoms with Crippen molar-refractivity contribution in [3.05, 3.63) is 52.9 Å². The fraction of sp³-hybridized carbons (Fsp3) is 0.464. The van der Waals surface area contributed by atoms with E-state index in [2.05, 4.69) is 18.8 Å². The van der Waals surface area contributed by atoms with E-state index < -0.39 is 6.04 Å². The zero-order chi connectivity index (χ0) is 25.7. The van der Waals surface area contributed by atoms with Crippen LogP contribution in [-0.2, 0) is 14.3 Å². The summed E-state index contributed by atoms with van der Waals surface area (Å²) in [5.74, 6) is 2.02. The van der Waals surface area contributed by atoms with Crippen molar-refractivity contribution in [1.29, 1.82) is 0 Å². The summed E-state index contributed by atoms with van der Waals surface area (Å²) >= 11 is 0. The summed E-state index contributed by atoms with van der Waals surface area (Å²) in [4.78, 5) is 34.0. The Kier molecular flexibility index (Phi) is 6.14. The van der Waals surface area contributed by atoms with Gasteiger partial charge in [0, 0.05) is 6.20 Å². The van der Waals surface area contributed by atoms with Crippen LogP contribution in [0.5, 0.6) is 17.2 Å². The molecule has 0 spiro atoms. The van der Waals surface area contributed by atoms with E-state index in [4.69, 9.17) is 18.9 Å². The third kappa shape index (κ3) is 3.70. The van der Waals surface area contributed by atoms with Gasteiger partial charge in [-0.25, -0.2) is 4.98 Å². The van der Waals surface area contributed by atoms with Crippen LogP contribution in [0.15, 0.2) is 41.8 Å². The van der Waals surface area contributed by atoms with Crippen LogP contribution < -0.4 is 19.1 Å². The number of ketones is 1. The minimum absolute atomic E-state index is 0.0262. The predicted octanol–water partition coefficient (Wildman–Crippen LogP) is 4.41. The fourth-order valence-corrected chi connectivity index (χ4v) is 5.67. The van der Waals surface area contributed by atoms with Crippen LogP contribution in [0.4, 0.5) is 5.82 Å². The van der Waals surface area contributed by atoms with Crippen LogP contribution >= 0.6 is 0 Å². The number of nitrogens with zero attached hydrogens (tertiary/aromatic N) is 2. The van der Waals surface area contributed by atoms with Crippen LogP contribution in [-0.4, -0.2) is 44.1 Å². The van der Waals surface area contributed by atoms with E-state index in [0.29, 0.717) is 46.0 Å². The van der Waals surface area contributed by atoms with Gasteiger partial charge in [-0.15, -0.1) is 0 Å². The van der Waals surface area contributed by atoms with Crippen molar-refractivity contribution >= 4 is 17.5 Å². The molecule has 1 amide bonds. The van der Waals surface area contributed by atoms with E-state index in [9.17, 15) is 9.59 Å². The molecular formula is C28H32N2O6. The van der Waals surface area contributed by atoms with Crippen LogP contribution in [0.1, 0.15) is 43.9 Å². The Labute approximate surface area is 211 Å². The molecule has 0 radical (unpaired) electrons. The molecule has 3 aliphatic rings. The Morgan fingerprint density at radius 2 is 1.64 bits per heavy atom. The summed E-state index contributed by atoms with van der Waals surface area (Å²) in [6.45, 7) is 6.29. The number of anilines is 1. The third-order valence-electron chi connectivity index (χ3n) is 7.86. The number of carbonyl (C=O) groups excluding carboxylic acids is 2. The monoisotopic (exact) mass is 492 g/mol. The lowest BCUT2D eigenvalue weighted by Crippen LogP contribution is -2.43. The highest BCUT2D eigenvalue weighted by Crippen LogP contribution is 2.51. The molecule has 190 valence electrons. The van der Waals surface area contributed by atoms with Gasteiger partial charge in [0.05, 0.1) is 38.9 Å². The Balaban J connectivity index is 1.69.